The van der Waals surface area contributed by atoms with Crippen molar-refractivity contribution < 1.29 is 4.84 Å². The summed E-state index contributed by atoms with van der Waals surface area (Å²) in [5.41, 5.74) is 0.579. The third kappa shape index (κ3) is 0.706. The Balaban J connectivity index is 2.20. The van der Waals surface area contributed by atoms with Crippen molar-refractivity contribution in [2.45, 2.75) is 6.10 Å². The number of nitriles is 1. The molecule has 0 N–H and O–H groups in total. The molecule has 2 unspecified atom stereocenters. The van der Waals surface area contributed by atoms with Crippen molar-refractivity contribution in [3.8, 4) is 6.07 Å². The van der Waals surface area contributed by atoms with Gasteiger partial charge in [-0.15, -0.1) is 0 Å². The highest BCUT2D eigenvalue weighted by Gasteiger charge is 2.38. The maximum atomic E-state index is 8.54. The summed E-state index contributed by atoms with van der Waals surface area (Å²) >= 11 is 1.83. The van der Waals surface area contributed by atoms with Crippen LogP contribution >= 0.6 is 11.8 Å². The number of thioether (sulfide) groups is 1. The summed E-state index contributed by atoms with van der Waals surface area (Å²) in [6.07, 6.45) is 0.194. The molecule has 0 amide bonds. The molecule has 3 nitrogen and oxygen atoms in total. The molecule has 2 aliphatic heterocycles. The van der Waals surface area contributed by atoms with Crippen LogP contribution in [-0.2, 0) is 4.84 Å². The van der Waals surface area contributed by atoms with Gasteiger partial charge in [0, 0.05) is 11.5 Å². The van der Waals surface area contributed by atoms with E-state index in [4.69, 9.17) is 10.1 Å². The number of oxime groups is 1. The summed E-state index contributed by atoms with van der Waals surface area (Å²) in [6.45, 7) is 0. The first-order valence-electron chi connectivity index (χ1n) is 3.13. The lowest BCUT2D eigenvalue weighted by atomic mass is 10.0. The fourth-order valence-corrected chi connectivity index (χ4v) is 2.48. The van der Waals surface area contributed by atoms with Gasteiger partial charge in [-0.2, -0.15) is 17.0 Å². The van der Waals surface area contributed by atoms with Gasteiger partial charge < -0.3 is 4.84 Å². The van der Waals surface area contributed by atoms with Crippen LogP contribution in [0.5, 0.6) is 0 Å². The molecule has 2 aliphatic rings. The van der Waals surface area contributed by atoms with Gasteiger partial charge in [0.1, 0.15) is 12.2 Å². The van der Waals surface area contributed by atoms with Gasteiger partial charge in [-0.05, 0) is 0 Å². The van der Waals surface area contributed by atoms with E-state index in [9.17, 15) is 0 Å². The summed E-state index contributed by atoms with van der Waals surface area (Å²) in [7, 11) is 0. The topological polar surface area (TPSA) is 45.4 Å². The number of fused-ring (bicyclic) bond motifs is 1. The minimum absolute atomic E-state index is 0.194. The second-order valence-corrected chi connectivity index (χ2v) is 3.45. The standard InChI is InChI=1S/C6H6N2OS/c7-1-5-4-2-10-3-6(4)9-8-5/h4,6H,2-3H2. The molecule has 2 atom stereocenters. The van der Waals surface area contributed by atoms with E-state index in [-0.39, 0.29) is 12.0 Å². The van der Waals surface area contributed by atoms with Crippen LogP contribution in [0.15, 0.2) is 5.16 Å². The van der Waals surface area contributed by atoms with Crippen LogP contribution in [-0.4, -0.2) is 23.3 Å². The van der Waals surface area contributed by atoms with Gasteiger partial charge in [0.05, 0.1) is 5.92 Å². The number of nitrogens with zero attached hydrogens (tertiary/aromatic N) is 2. The maximum absolute atomic E-state index is 8.54. The average Bonchev–Trinajstić information content (AvgIpc) is 2.44. The molecular formula is C6H6N2OS. The van der Waals surface area contributed by atoms with Crippen molar-refractivity contribution in [3.05, 3.63) is 0 Å². The van der Waals surface area contributed by atoms with Crippen molar-refractivity contribution >= 4 is 17.5 Å². The number of hydrogen-bond donors (Lipinski definition) is 0. The molecule has 10 heavy (non-hydrogen) atoms. The normalized spacial score (nSPS) is 36.1. The zero-order chi connectivity index (χ0) is 6.97. The fourth-order valence-electron chi connectivity index (χ4n) is 1.19. The minimum Gasteiger partial charge on any atom is -0.390 e. The monoisotopic (exact) mass is 154 g/mol. The highest BCUT2D eigenvalue weighted by molar-refractivity contribution is 7.99. The second-order valence-electron chi connectivity index (χ2n) is 2.38. The molecule has 0 aromatic heterocycles. The largest absolute Gasteiger partial charge is 0.390 e. The van der Waals surface area contributed by atoms with Crippen molar-refractivity contribution in [2.75, 3.05) is 11.5 Å². The van der Waals surface area contributed by atoms with E-state index < -0.39 is 0 Å². The van der Waals surface area contributed by atoms with Crippen LogP contribution in [0.3, 0.4) is 0 Å². The Morgan fingerprint density at radius 1 is 1.70 bits per heavy atom. The summed E-state index contributed by atoms with van der Waals surface area (Å²) in [5.74, 6) is 2.27. The molecular weight excluding hydrogens is 148 g/mol. The Bertz CT molecular complexity index is 220. The molecule has 0 aromatic rings. The molecule has 0 aromatic carbocycles. The van der Waals surface area contributed by atoms with Crippen molar-refractivity contribution in [1.29, 1.82) is 5.26 Å². The van der Waals surface area contributed by atoms with Gasteiger partial charge in [-0.3, -0.25) is 0 Å². The van der Waals surface area contributed by atoms with E-state index in [0.717, 1.165) is 11.5 Å². The zero-order valence-corrected chi connectivity index (χ0v) is 6.10. The highest BCUT2D eigenvalue weighted by Crippen LogP contribution is 2.31. The highest BCUT2D eigenvalue weighted by atomic mass is 32.2. The first-order valence-corrected chi connectivity index (χ1v) is 4.29. The SMILES string of the molecule is N#CC1=NOC2CSCC12. The molecule has 2 rings (SSSR count). The van der Waals surface area contributed by atoms with Crippen molar-refractivity contribution in [3.63, 3.8) is 0 Å². The molecule has 0 radical (unpaired) electrons. The van der Waals surface area contributed by atoms with Gasteiger partial charge >= 0.3 is 0 Å². The minimum atomic E-state index is 0.194. The first kappa shape index (κ1) is 6.05. The summed E-state index contributed by atoms with van der Waals surface area (Å²) < 4.78 is 0. The molecule has 4 heteroatoms. The lowest BCUT2D eigenvalue weighted by Crippen LogP contribution is -2.19. The lowest BCUT2D eigenvalue weighted by molar-refractivity contribution is 0.0886. The first-order chi connectivity index (χ1) is 4.92. The maximum Gasteiger partial charge on any atom is 0.164 e. The van der Waals surface area contributed by atoms with E-state index >= 15 is 0 Å². The Kier molecular flexibility index (Phi) is 1.31. The molecule has 1 fully saturated rings. The third-order valence-electron chi connectivity index (χ3n) is 1.78. The third-order valence-corrected chi connectivity index (χ3v) is 2.94. The summed E-state index contributed by atoms with van der Waals surface area (Å²) in [5, 5.41) is 12.2. The van der Waals surface area contributed by atoms with Gasteiger partial charge in [0.25, 0.3) is 0 Å². The van der Waals surface area contributed by atoms with Gasteiger partial charge in [-0.25, -0.2) is 0 Å². The van der Waals surface area contributed by atoms with Gasteiger partial charge in [0.15, 0.2) is 5.71 Å². The van der Waals surface area contributed by atoms with Gasteiger partial charge in [-0.1, -0.05) is 5.16 Å². The van der Waals surface area contributed by atoms with Crippen molar-refractivity contribution in [1.82, 2.24) is 0 Å². The van der Waals surface area contributed by atoms with E-state index in [2.05, 4.69) is 5.16 Å². The zero-order valence-electron chi connectivity index (χ0n) is 5.28. The number of rotatable bonds is 0. The lowest BCUT2D eigenvalue weighted by Gasteiger charge is -2.01. The quantitative estimate of drug-likeness (QED) is 0.514. The average molecular weight is 154 g/mol. The van der Waals surface area contributed by atoms with Crippen LogP contribution in [0.4, 0.5) is 0 Å². The van der Waals surface area contributed by atoms with Crippen LogP contribution in [0.25, 0.3) is 0 Å². The smallest absolute Gasteiger partial charge is 0.164 e. The van der Waals surface area contributed by atoms with Crippen LogP contribution in [0.1, 0.15) is 0 Å². The molecule has 0 aliphatic carbocycles. The molecule has 52 valence electrons. The fraction of sp³-hybridized carbons (Fsp3) is 0.667. The Morgan fingerprint density at radius 2 is 2.60 bits per heavy atom. The second kappa shape index (κ2) is 2.17. The Hall–Kier alpha value is -0.690. The van der Waals surface area contributed by atoms with E-state index in [1.54, 1.807) is 0 Å². The van der Waals surface area contributed by atoms with E-state index in [1.807, 2.05) is 17.8 Å². The predicted molar refractivity (Wildman–Crippen MR) is 38.7 cm³/mol. The molecule has 0 spiro atoms. The number of hydrogen-bond acceptors (Lipinski definition) is 4. The van der Waals surface area contributed by atoms with Crippen LogP contribution in [0, 0.1) is 17.2 Å². The predicted octanol–water partition coefficient (Wildman–Crippen LogP) is 0.628. The van der Waals surface area contributed by atoms with Gasteiger partial charge in [0.2, 0.25) is 0 Å². The van der Waals surface area contributed by atoms with E-state index in [1.165, 1.54) is 0 Å². The molecule has 1 saturated heterocycles. The Morgan fingerprint density at radius 3 is 3.40 bits per heavy atom. The Labute approximate surface area is 63.0 Å². The molecule has 0 saturated carbocycles. The summed E-state index contributed by atoms with van der Waals surface area (Å²) in [6, 6.07) is 2.05. The van der Waals surface area contributed by atoms with Crippen LogP contribution < -0.4 is 0 Å². The van der Waals surface area contributed by atoms with Crippen LogP contribution in [0.2, 0.25) is 0 Å². The molecule has 2 heterocycles. The van der Waals surface area contributed by atoms with E-state index in [0.29, 0.717) is 5.71 Å². The summed E-state index contributed by atoms with van der Waals surface area (Å²) in [4.78, 5) is 5.03. The molecule has 0 bridgehead atoms. The van der Waals surface area contributed by atoms with Crippen molar-refractivity contribution in [2.24, 2.45) is 11.1 Å².